The number of nitrogens with two attached hydrogens (primary N) is 1. The molecule has 8 heteroatoms. The number of aromatic carboxylic acids is 1. The van der Waals surface area contributed by atoms with E-state index < -0.39 is 17.2 Å². The number of pyridine rings is 1. The van der Waals surface area contributed by atoms with Gasteiger partial charge < -0.3 is 20.3 Å². The highest BCUT2D eigenvalue weighted by Gasteiger charge is 2.36. The number of hydrogen-bond acceptors (Lipinski definition) is 4. The molecule has 1 unspecified atom stereocenters. The first kappa shape index (κ1) is 18.3. The average Bonchev–Trinajstić information content (AvgIpc) is 3.38. The smallest absolute Gasteiger partial charge is 0.341 e. The maximum Gasteiger partial charge on any atom is 0.341 e. The van der Waals surface area contributed by atoms with Crippen LogP contribution in [0.5, 0.6) is 0 Å². The number of halogens is 2. The summed E-state index contributed by atoms with van der Waals surface area (Å²) in [6, 6.07) is 1.21. The van der Waals surface area contributed by atoms with Crippen molar-refractivity contribution in [1.29, 1.82) is 0 Å². The highest BCUT2D eigenvalue weighted by molar-refractivity contribution is 6.38. The average molecular weight is 394 g/mol. The molecule has 2 aliphatic rings. The van der Waals surface area contributed by atoms with Gasteiger partial charge in [0.1, 0.15) is 11.4 Å². The molecule has 1 saturated heterocycles. The van der Waals surface area contributed by atoms with E-state index in [-0.39, 0.29) is 33.1 Å². The lowest BCUT2D eigenvalue weighted by atomic mass is 9.90. The Morgan fingerprint density at radius 2 is 2.19 bits per heavy atom. The Morgan fingerprint density at radius 3 is 2.74 bits per heavy atom. The fraction of sp³-hybridized carbons (Fsp3) is 0.474. The zero-order valence-corrected chi connectivity index (χ0v) is 15.7. The lowest BCUT2D eigenvalue weighted by molar-refractivity contribution is 0.0695. The SMILES string of the molecule is CC1(CN)CCN(c2c(F)cc3c(=O)c(C(=O)O)cn(C4CC4)c3c2Cl)C1. The molecule has 1 aromatic heterocycles. The minimum Gasteiger partial charge on any atom is -0.477 e. The number of anilines is 1. The first-order chi connectivity index (χ1) is 12.8. The van der Waals surface area contributed by atoms with Gasteiger partial charge in [0.2, 0.25) is 5.43 Å². The van der Waals surface area contributed by atoms with Gasteiger partial charge in [-0.2, -0.15) is 0 Å². The van der Waals surface area contributed by atoms with Crippen molar-refractivity contribution in [2.75, 3.05) is 24.5 Å². The summed E-state index contributed by atoms with van der Waals surface area (Å²) in [5, 5.41) is 9.51. The summed E-state index contributed by atoms with van der Waals surface area (Å²) in [5.41, 5.74) is 5.33. The Hall–Kier alpha value is -2.12. The van der Waals surface area contributed by atoms with Gasteiger partial charge in [0, 0.05) is 25.3 Å². The molecule has 1 saturated carbocycles. The van der Waals surface area contributed by atoms with Crippen molar-refractivity contribution < 1.29 is 14.3 Å². The van der Waals surface area contributed by atoms with Crippen LogP contribution in [0.3, 0.4) is 0 Å². The number of fused-ring (bicyclic) bond motifs is 1. The largest absolute Gasteiger partial charge is 0.477 e. The van der Waals surface area contributed by atoms with Crippen LogP contribution in [0.15, 0.2) is 17.1 Å². The predicted molar refractivity (Wildman–Crippen MR) is 102 cm³/mol. The van der Waals surface area contributed by atoms with Crippen LogP contribution < -0.4 is 16.1 Å². The fourth-order valence-electron chi connectivity index (χ4n) is 3.90. The van der Waals surface area contributed by atoms with Gasteiger partial charge in [0.05, 0.1) is 21.6 Å². The molecule has 6 nitrogen and oxygen atoms in total. The minimum absolute atomic E-state index is 0.00818. The summed E-state index contributed by atoms with van der Waals surface area (Å²) in [7, 11) is 0. The second kappa shape index (κ2) is 6.21. The second-order valence-corrected chi connectivity index (χ2v) is 8.30. The highest BCUT2D eigenvalue weighted by atomic mass is 35.5. The molecule has 0 spiro atoms. The first-order valence-electron chi connectivity index (χ1n) is 9.01. The van der Waals surface area contributed by atoms with Crippen molar-refractivity contribution in [3.8, 4) is 0 Å². The molecule has 144 valence electrons. The molecule has 2 fully saturated rings. The van der Waals surface area contributed by atoms with Gasteiger partial charge in [-0.05, 0) is 37.3 Å². The van der Waals surface area contributed by atoms with Gasteiger partial charge in [-0.15, -0.1) is 0 Å². The highest BCUT2D eigenvalue weighted by Crippen LogP contribution is 2.44. The maximum atomic E-state index is 15.0. The number of rotatable bonds is 4. The van der Waals surface area contributed by atoms with Gasteiger partial charge in [0.15, 0.2) is 0 Å². The number of aromatic nitrogens is 1. The van der Waals surface area contributed by atoms with Gasteiger partial charge in [-0.3, -0.25) is 4.79 Å². The quantitative estimate of drug-likeness (QED) is 0.833. The van der Waals surface area contributed by atoms with Crippen molar-refractivity contribution in [2.24, 2.45) is 11.1 Å². The van der Waals surface area contributed by atoms with Crippen LogP contribution in [0.4, 0.5) is 10.1 Å². The summed E-state index contributed by atoms with van der Waals surface area (Å²) in [5.74, 6) is -1.94. The third-order valence-electron chi connectivity index (χ3n) is 5.72. The number of carbonyl (C=O) groups is 1. The van der Waals surface area contributed by atoms with E-state index in [1.54, 1.807) is 4.57 Å². The van der Waals surface area contributed by atoms with Crippen molar-refractivity contribution in [3.63, 3.8) is 0 Å². The summed E-state index contributed by atoms with van der Waals surface area (Å²) in [6.45, 7) is 3.74. The van der Waals surface area contributed by atoms with Gasteiger partial charge in [-0.1, -0.05) is 18.5 Å². The summed E-state index contributed by atoms with van der Waals surface area (Å²) >= 11 is 6.62. The summed E-state index contributed by atoms with van der Waals surface area (Å²) in [4.78, 5) is 25.9. The Morgan fingerprint density at radius 1 is 1.48 bits per heavy atom. The molecule has 27 heavy (non-hydrogen) atoms. The van der Waals surface area contributed by atoms with Crippen LogP contribution in [-0.4, -0.2) is 35.3 Å². The lowest BCUT2D eigenvalue weighted by Crippen LogP contribution is -2.31. The Kier molecular flexibility index (Phi) is 4.20. The number of carboxylic acid groups (broad SMARTS) is 1. The Labute approximate surface area is 160 Å². The van der Waals surface area contributed by atoms with E-state index in [0.29, 0.717) is 25.2 Å². The molecular weight excluding hydrogens is 373 g/mol. The normalized spacial score (nSPS) is 22.6. The van der Waals surface area contributed by atoms with E-state index in [2.05, 4.69) is 6.92 Å². The van der Waals surface area contributed by atoms with E-state index in [0.717, 1.165) is 25.3 Å². The van der Waals surface area contributed by atoms with E-state index in [4.69, 9.17) is 17.3 Å². The molecular formula is C19H21ClFN3O3. The van der Waals surface area contributed by atoms with E-state index >= 15 is 0 Å². The molecule has 0 amide bonds. The number of hydrogen-bond donors (Lipinski definition) is 2. The van der Waals surface area contributed by atoms with Gasteiger partial charge >= 0.3 is 5.97 Å². The number of benzene rings is 1. The first-order valence-corrected chi connectivity index (χ1v) is 9.39. The zero-order chi connectivity index (χ0) is 19.5. The van der Waals surface area contributed by atoms with Crippen LogP contribution in [-0.2, 0) is 0 Å². The molecule has 3 N–H and O–H groups in total. The second-order valence-electron chi connectivity index (χ2n) is 7.92. The monoisotopic (exact) mass is 393 g/mol. The predicted octanol–water partition coefficient (Wildman–Crippen LogP) is 3.00. The van der Waals surface area contributed by atoms with Gasteiger partial charge in [0.25, 0.3) is 0 Å². The van der Waals surface area contributed by atoms with Crippen molar-refractivity contribution in [1.82, 2.24) is 4.57 Å². The summed E-state index contributed by atoms with van der Waals surface area (Å²) in [6.07, 6.45) is 3.90. The minimum atomic E-state index is -1.32. The van der Waals surface area contributed by atoms with Crippen molar-refractivity contribution >= 4 is 34.2 Å². The molecule has 2 heterocycles. The van der Waals surface area contributed by atoms with Crippen LogP contribution in [0.25, 0.3) is 10.9 Å². The molecule has 1 atom stereocenters. The number of nitrogens with zero attached hydrogens (tertiary/aromatic N) is 2. The van der Waals surface area contributed by atoms with Crippen LogP contribution in [0, 0.1) is 11.2 Å². The van der Waals surface area contributed by atoms with Gasteiger partial charge in [-0.25, -0.2) is 9.18 Å². The van der Waals surface area contributed by atoms with Crippen LogP contribution in [0.1, 0.15) is 42.6 Å². The molecule has 0 radical (unpaired) electrons. The van der Waals surface area contributed by atoms with Crippen LogP contribution in [0.2, 0.25) is 5.02 Å². The van der Waals surface area contributed by atoms with Crippen molar-refractivity contribution in [3.05, 3.63) is 38.9 Å². The van der Waals surface area contributed by atoms with E-state index in [1.165, 1.54) is 6.20 Å². The molecule has 1 aromatic carbocycles. The Balaban J connectivity index is 1.96. The summed E-state index contributed by atoms with van der Waals surface area (Å²) < 4.78 is 16.7. The molecule has 1 aliphatic heterocycles. The van der Waals surface area contributed by atoms with Crippen molar-refractivity contribution in [2.45, 2.75) is 32.2 Å². The number of carboxylic acids is 1. The molecule has 2 aromatic rings. The lowest BCUT2D eigenvalue weighted by Gasteiger charge is -2.26. The topological polar surface area (TPSA) is 88.6 Å². The third kappa shape index (κ3) is 2.89. The molecule has 4 rings (SSSR count). The maximum absolute atomic E-state index is 15.0. The zero-order valence-electron chi connectivity index (χ0n) is 15.0. The standard InChI is InChI=1S/C19H21ClFN3O3/c1-19(8-22)4-5-23(9-19)16-13(21)6-11-15(14(16)20)24(10-2-3-10)7-12(17(11)25)18(26)27/h6-7,10H,2-5,8-9,22H2,1H3,(H,26,27). The third-order valence-corrected chi connectivity index (χ3v) is 6.08. The fourth-order valence-corrected chi connectivity index (χ4v) is 4.30. The van der Waals surface area contributed by atoms with Crippen LogP contribution >= 0.6 is 11.6 Å². The van der Waals surface area contributed by atoms with E-state index in [1.807, 2.05) is 4.90 Å². The molecule has 0 bridgehead atoms. The van der Waals surface area contributed by atoms with E-state index in [9.17, 15) is 19.1 Å². The molecule has 1 aliphatic carbocycles. The Bertz CT molecular complexity index is 1020.